The van der Waals surface area contributed by atoms with Crippen molar-refractivity contribution in [3.8, 4) is 5.75 Å². The summed E-state index contributed by atoms with van der Waals surface area (Å²) in [7, 11) is 0. The number of halogens is 1. The van der Waals surface area contributed by atoms with Crippen LogP contribution in [0.5, 0.6) is 5.75 Å². The lowest BCUT2D eigenvalue weighted by molar-refractivity contribution is 0.246. The molecule has 0 saturated carbocycles. The molecule has 1 N–H and O–H groups in total. The highest BCUT2D eigenvalue weighted by molar-refractivity contribution is 5.92. The van der Waals surface area contributed by atoms with Crippen LogP contribution in [0.25, 0.3) is 10.9 Å². The second kappa shape index (κ2) is 5.48. The number of pyridine rings is 1. The largest absolute Gasteiger partial charge is 0.487 e. The van der Waals surface area contributed by atoms with Crippen LogP contribution >= 0.6 is 0 Å². The van der Waals surface area contributed by atoms with Crippen LogP contribution in [0.1, 0.15) is 26.8 Å². The molecule has 0 radical (unpaired) electrons. The fourth-order valence-electron chi connectivity index (χ4n) is 3.96. The van der Waals surface area contributed by atoms with Crippen molar-refractivity contribution < 1.29 is 9.13 Å². The Hall–Kier alpha value is -2.08. The Kier molecular flexibility index (Phi) is 3.53. The van der Waals surface area contributed by atoms with Gasteiger partial charge in [0.15, 0.2) is 17.0 Å². The van der Waals surface area contributed by atoms with Crippen LogP contribution in [0.4, 0.5) is 10.1 Å². The van der Waals surface area contributed by atoms with Gasteiger partial charge in [0, 0.05) is 37.4 Å². The summed E-state index contributed by atoms with van der Waals surface area (Å²) in [6.07, 6.45) is 1.78. The lowest BCUT2D eigenvalue weighted by Gasteiger charge is -2.39. The number of aromatic nitrogens is 1. The molecular formula is C18H22FN3O2. The summed E-state index contributed by atoms with van der Waals surface area (Å²) in [5.41, 5.74) is 1.01. The summed E-state index contributed by atoms with van der Waals surface area (Å²) >= 11 is 0. The molecule has 0 bridgehead atoms. The van der Waals surface area contributed by atoms with Gasteiger partial charge in [-0.25, -0.2) is 4.39 Å². The Morgan fingerprint density at radius 3 is 2.67 bits per heavy atom. The predicted octanol–water partition coefficient (Wildman–Crippen LogP) is 2.28. The van der Waals surface area contributed by atoms with E-state index in [2.05, 4.69) is 19.2 Å². The van der Waals surface area contributed by atoms with E-state index in [4.69, 9.17) is 4.74 Å². The first-order valence-electron chi connectivity index (χ1n) is 8.47. The van der Waals surface area contributed by atoms with E-state index in [1.165, 1.54) is 12.1 Å². The molecule has 24 heavy (non-hydrogen) atoms. The van der Waals surface area contributed by atoms with E-state index >= 15 is 0 Å². The van der Waals surface area contributed by atoms with E-state index in [9.17, 15) is 9.18 Å². The average molecular weight is 331 g/mol. The third-order valence-corrected chi connectivity index (χ3v) is 4.91. The van der Waals surface area contributed by atoms with Gasteiger partial charge in [0.05, 0.1) is 16.9 Å². The Morgan fingerprint density at radius 1 is 1.25 bits per heavy atom. The number of ether oxygens (including phenoxy) is 1. The van der Waals surface area contributed by atoms with E-state index < -0.39 is 0 Å². The zero-order valence-corrected chi connectivity index (χ0v) is 14.2. The van der Waals surface area contributed by atoms with Crippen molar-refractivity contribution in [3.63, 3.8) is 0 Å². The van der Waals surface area contributed by atoms with Crippen molar-refractivity contribution in [2.75, 3.05) is 24.6 Å². The quantitative estimate of drug-likeness (QED) is 0.871. The van der Waals surface area contributed by atoms with Gasteiger partial charge in [-0.15, -0.1) is 0 Å². The number of anilines is 1. The van der Waals surface area contributed by atoms with Gasteiger partial charge in [-0.05, 0) is 26.8 Å². The lowest BCUT2D eigenvalue weighted by Crippen LogP contribution is -2.54. The first-order chi connectivity index (χ1) is 11.5. The number of piperazine rings is 1. The van der Waals surface area contributed by atoms with Crippen LogP contribution in [0.3, 0.4) is 0 Å². The monoisotopic (exact) mass is 331 g/mol. The van der Waals surface area contributed by atoms with Gasteiger partial charge >= 0.3 is 0 Å². The minimum Gasteiger partial charge on any atom is -0.487 e. The molecule has 1 fully saturated rings. The van der Waals surface area contributed by atoms with Gasteiger partial charge in [-0.3, -0.25) is 4.79 Å². The van der Waals surface area contributed by atoms with Crippen molar-refractivity contribution in [1.29, 1.82) is 0 Å². The smallest absolute Gasteiger partial charge is 0.189 e. The van der Waals surface area contributed by atoms with E-state index in [1.807, 2.05) is 16.4 Å². The summed E-state index contributed by atoms with van der Waals surface area (Å²) in [6, 6.07) is 3.50. The molecule has 2 aliphatic rings. The average Bonchev–Trinajstić information content (AvgIpc) is 2.51. The maximum atomic E-state index is 14.9. The highest BCUT2D eigenvalue weighted by atomic mass is 19.1. The minimum atomic E-state index is -0.386. The molecule has 0 amide bonds. The molecule has 0 aliphatic carbocycles. The molecule has 1 aromatic carbocycles. The second-order valence-corrected chi connectivity index (χ2v) is 7.05. The van der Waals surface area contributed by atoms with Crippen LogP contribution in [0, 0.1) is 5.82 Å². The van der Waals surface area contributed by atoms with Crippen LogP contribution in [-0.4, -0.2) is 36.3 Å². The Labute approximate surface area is 140 Å². The van der Waals surface area contributed by atoms with Crippen molar-refractivity contribution in [3.05, 3.63) is 34.4 Å². The molecule has 3 heterocycles. The Bertz CT molecular complexity index is 853. The van der Waals surface area contributed by atoms with E-state index in [1.54, 1.807) is 6.20 Å². The minimum absolute atomic E-state index is 0.111. The van der Waals surface area contributed by atoms with Crippen LogP contribution in [0.2, 0.25) is 0 Å². The molecule has 4 rings (SSSR count). The van der Waals surface area contributed by atoms with Gasteiger partial charge in [0.2, 0.25) is 0 Å². The fraction of sp³-hybridized carbons (Fsp3) is 0.500. The van der Waals surface area contributed by atoms with Crippen molar-refractivity contribution >= 4 is 16.6 Å². The molecular weight excluding hydrogens is 309 g/mol. The van der Waals surface area contributed by atoms with Gasteiger partial charge in [0.25, 0.3) is 0 Å². The van der Waals surface area contributed by atoms with Gasteiger partial charge in [-0.1, -0.05) is 0 Å². The number of nitrogens with zero attached hydrogens (tertiary/aromatic N) is 2. The van der Waals surface area contributed by atoms with Gasteiger partial charge in [0.1, 0.15) is 12.3 Å². The van der Waals surface area contributed by atoms with Crippen molar-refractivity contribution in [1.82, 2.24) is 9.88 Å². The molecule has 3 atom stereocenters. The van der Waals surface area contributed by atoms with Crippen LogP contribution in [0.15, 0.2) is 23.1 Å². The Balaban J connectivity index is 1.97. The zero-order chi connectivity index (χ0) is 17.0. The highest BCUT2D eigenvalue weighted by Crippen LogP contribution is 2.41. The summed E-state index contributed by atoms with van der Waals surface area (Å²) in [4.78, 5) is 14.3. The first-order valence-corrected chi connectivity index (χ1v) is 8.47. The van der Waals surface area contributed by atoms with Crippen LogP contribution in [-0.2, 0) is 0 Å². The maximum Gasteiger partial charge on any atom is 0.189 e. The summed E-state index contributed by atoms with van der Waals surface area (Å²) in [5, 5.41) is 3.84. The van der Waals surface area contributed by atoms with Crippen molar-refractivity contribution in [2.45, 2.75) is 38.9 Å². The zero-order valence-electron chi connectivity index (χ0n) is 14.2. The summed E-state index contributed by atoms with van der Waals surface area (Å²) in [5.74, 6) is 0.116. The second-order valence-electron chi connectivity index (χ2n) is 7.05. The predicted molar refractivity (Wildman–Crippen MR) is 92.6 cm³/mol. The molecule has 5 nitrogen and oxygen atoms in total. The lowest BCUT2D eigenvalue weighted by atomic mass is 10.1. The number of hydrogen-bond donors (Lipinski definition) is 1. The molecule has 128 valence electrons. The molecule has 1 saturated heterocycles. The third kappa shape index (κ3) is 2.28. The number of nitrogens with one attached hydrogen (secondary N) is 1. The Morgan fingerprint density at radius 2 is 1.96 bits per heavy atom. The van der Waals surface area contributed by atoms with Crippen LogP contribution < -0.4 is 20.4 Å². The number of rotatable bonds is 1. The van der Waals surface area contributed by atoms with E-state index in [-0.39, 0.29) is 29.4 Å². The fourth-order valence-corrected chi connectivity index (χ4v) is 3.96. The molecule has 1 aromatic heterocycles. The molecule has 2 aliphatic heterocycles. The highest BCUT2D eigenvalue weighted by Gasteiger charge is 2.31. The molecule has 0 spiro atoms. The molecule has 1 unspecified atom stereocenters. The number of benzene rings is 1. The standard InChI is InChI=1S/C18H22FN3O2/c1-10-7-21(8-11(2)20-10)17-14(19)6-13-15(23)4-5-22-12(3)9-24-18(17)16(13)22/h4-6,10-12,20H,7-9H2,1-3H3/t10-,11+,12?. The molecule has 6 heteroatoms. The summed E-state index contributed by atoms with van der Waals surface area (Å²) < 4.78 is 22.9. The first kappa shape index (κ1) is 15.4. The third-order valence-electron chi connectivity index (χ3n) is 4.91. The summed E-state index contributed by atoms with van der Waals surface area (Å²) in [6.45, 7) is 8.09. The van der Waals surface area contributed by atoms with Gasteiger partial charge in [-0.2, -0.15) is 0 Å². The normalized spacial score (nSPS) is 26.5. The number of hydrogen-bond acceptors (Lipinski definition) is 4. The van der Waals surface area contributed by atoms with Crippen molar-refractivity contribution in [2.24, 2.45) is 0 Å². The topological polar surface area (TPSA) is 46.5 Å². The van der Waals surface area contributed by atoms with Gasteiger partial charge < -0.3 is 19.5 Å². The molecule has 2 aromatic rings. The maximum absolute atomic E-state index is 14.9. The van der Waals surface area contributed by atoms with E-state index in [0.717, 1.165) is 0 Å². The SMILES string of the molecule is CC1COc2c(N3C[C@@H](C)N[C@@H](C)C3)c(F)cc3c(=O)ccn1c23. The van der Waals surface area contributed by atoms with E-state index in [0.29, 0.717) is 42.0 Å².